The zero-order valence-corrected chi connectivity index (χ0v) is 12.2. The monoisotopic (exact) mass is 312 g/mol. The Bertz CT molecular complexity index is 672. The molecule has 0 aliphatic rings. The summed E-state index contributed by atoms with van der Waals surface area (Å²) in [6.07, 6.45) is 2.18. The molecule has 1 unspecified atom stereocenters. The Hall–Kier alpha value is -2.22. The number of hydrogen-bond donors (Lipinski definition) is 0. The predicted molar refractivity (Wildman–Crippen MR) is 72.5 cm³/mol. The van der Waals surface area contributed by atoms with Crippen LogP contribution in [0, 0.1) is 0 Å². The van der Waals surface area contributed by atoms with Crippen molar-refractivity contribution in [1.82, 2.24) is 19.5 Å². The summed E-state index contributed by atoms with van der Waals surface area (Å²) in [6.45, 7) is 2.75. The van der Waals surface area contributed by atoms with E-state index in [1.165, 1.54) is 26.5 Å². The maximum Gasteiger partial charge on any atom is 0.303 e. The first-order valence-corrected chi connectivity index (χ1v) is 6.47. The SMILES string of the molecule is CC(=O)OCC(Cn1cnc2c(Cl)ncnc21)OC(C)=O. The summed E-state index contributed by atoms with van der Waals surface area (Å²) in [5, 5.41) is 0.239. The molecule has 9 heteroatoms. The van der Waals surface area contributed by atoms with Crippen molar-refractivity contribution in [2.75, 3.05) is 6.61 Å². The van der Waals surface area contributed by atoms with Gasteiger partial charge >= 0.3 is 11.9 Å². The van der Waals surface area contributed by atoms with Crippen molar-refractivity contribution in [3.05, 3.63) is 17.8 Å². The molecule has 8 nitrogen and oxygen atoms in total. The molecule has 0 aliphatic heterocycles. The lowest BCUT2D eigenvalue weighted by atomic mass is 10.3. The summed E-state index contributed by atoms with van der Waals surface area (Å²) in [5.74, 6) is -0.919. The lowest BCUT2D eigenvalue weighted by Crippen LogP contribution is -2.28. The van der Waals surface area contributed by atoms with Crippen LogP contribution in [0.2, 0.25) is 5.15 Å². The van der Waals surface area contributed by atoms with Crippen molar-refractivity contribution >= 4 is 34.7 Å². The largest absolute Gasteiger partial charge is 0.462 e. The third-order valence-corrected chi connectivity index (χ3v) is 2.84. The molecule has 0 amide bonds. The molecule has 2 rings (SSSR count). The van der Waals surface area contributed by atoms with Crippen molar-refractivity contribution in [3.63, 3.8) is 0 Å². The summed E-state index contributed by atoms with van der Waals surface area (Å²) in [4.78, 5) is 34.0. The predicted octanol–water partition coefficient (Wildman–Crippen LogP) is 0.975. The third kappa shape index (κ3) is 3.88. The molecule has 2 heterocycles. The van der Waals surface area contributed by atoms with Gasteiger partial charge in [0.05, 0.1) is 12.9 Å². The second kappa shape index (κ2) is 6.49. The van der Waals surface area contributed by atoms with Crippen molar-refractivity contribution < 1.29 is 19.1 Å². The molecular weight excluding hydrogens is 300 g/mol. The molecule has 0 aromatic carbocycles. The standard InChI is InChI=1S/C12H13ClN4O4/c1-7(18)20-4-9(21-8(2)19)3-17-6-16-10-11(13)14-5-15-12(10)17/h5-6,9H,3-4H2,1-2H3. The van der Waals surface area contributed by atoms with E-state index in [0.29, 0.717) is 11.2 Å². The van der Waals surface area contributed by atoms with Crippen LogP contribution in [-0.2, 0) is 25.6 Å². The third-order valence-electron chi connectivity index (χ3n) is 2.56. The molecule has 0 saturated carbocycles. The van der Waals surface area contributed by atoms with Gasteiger partial charge in [-0.05, 0) is 0 Å². The smallest absolute Gasteiger partial charge is 0.303 e. The van der Waals surface area contributed by atoms with Gasteiger partial charge < -0.3 is 14.0 Å². The topological polar surface area (TPSA) is 96.2 Å². The Morgan fingerprint density at radius 2 is 2.05 bits per heavy atom. The van der Waals surface area contributed by atoms with Gasteiger partial charge in [0.25, 0.3) is 0 Å². The number of nitrogens with zero attached hydrogens (tertiary/aromatic N) is 4. The molecular formula is C12H13ClN4O4. The summed E-state index contributed by atoms with van der Waals surface area (Å²) >= 11 is 5.91. The van der Waals surface area contributed by atoms with Crippen LogP contribution in [0.25, 0.3) is 11.2 Å². The summed E-state index contributed by atoms with van der Waals surface area (Å²) in [6, 6.07) is 0. The number of imidazole rings is 1. The number of fused-ring (bicyclic) bond motifs is 1. The van der Waals surface area contributed by atoms with Crippen LogP contribution in [0.15, 0.2) is 12.7 Å². The van der Waals surface area contributed by atoms with E-state index in [2.05, 4.69) is 15.0 Å². The molecule has 0 spiro atoms. The van der Waals surface area contributed by atoms with Gasteiger partial charge in [0.1, 0.15) is 18.5 Å². The van der Waals surface area contributed by atoms with Crippen LogP contribution in [0.5, 0.6) is 0 Å². The Labute approximate surface area is 125 Å². The van der Waals surface area contributed by atoms with E-state index in [-0.39, 0.29) is 18.3 Å². The molecule has 2 aromatic heterocycles. The summed E-state index contributed by atoms with van der Waals surface area (Å²) in [7, 11) is 0. The highest BCUT2D eigenvalue weighted by Gasteiger charge is 2.17. The fraction of sp³-hybridized carbons (Fsp3) is 0.417. The van der Waals surface area contributed by atoms with Crippen molar-refractivity contribution in [1.29, 1.82) is 0 Å². The highest BCUT2D eigenvalue weighted by molar-refractivity contribution is 6.33. The number of aromatic nitrogens is 4. The molecule has 0 bridgehead atoms. The highest BCUT2D eigenvalue weighted by atomic mass is 35.5. The van der Waals surface area contributed by atoms with Crippen LogP contribution in [0.3, 0.4) is 0 Å². The van der Waals surface area contributed by atoms with Gasteiger partial charge in [-0.25, -0.2) is 15.0 Å². The van der Waals surface area contributed by atoms with E-state index in [9.17, 15) is 9.59 Å². The van der Waals surface area contributed by atoms with Crippen LogP contribution < -0.4 is 0 Å². The Kier molecular flexibility index (Phi) is 4.69. The quantitative estimate of drug-likeness (QED) is 0.599. The van der Waals surface area contributed by atoms with Crippen LogP contribution in [-0.4, -0.2) is 44.2 Å². The minimum absolute atomic E-state index is 0.0482. The van der Waals surface area contributed by atoms with Crippen LogP contribution >= 0.6 is 11.6 Å². The van der Waals surface area contributed by atoms with Crippen molar-refractivity contribution in [3.8, 4) is 0 Å². The maximum absolute atomic E-state index is 11.1. The van der Waals surface area contributed by atoms with Gasteiger partial charge in [-0.1, -0.05) is 11.6 Å². The lowest BCUT2D eigenvalue weighted by molar-refractivity contribution is -0.157. The number of carbonyl (C=O) groups excluding carboxylic acids is 2. The number of rotatable bonds is 5. The first-order chi connectivity index (χ1) is 9.97. The number of carbonyl (C=O) groups is 2. The normalized spacial score (nSPS) is 12.1. The molecule has 0 N–H and O–H groups in total. The first kappa shape index (κ1) is 15.2. The second-order valence-corrected chi connectivity index (χ2v) is 4.63. The number of halogens is 1. The number of hydrogen-bond acceptors (Lipinski definition) is 7. The molecule has 21 heavy (non-hydrogen) atoms. The molecule has 0 saturated heterocycles. The molecule has 2 aromatic rings. The molecule has 112 valence electrons. The maximum atomic E-state index is 11.1. The van der Waals surface area contributed by atoms with E-state index in [0.717, 1.165) is 0 Å². The van der Waals surface area contributed by atoms with Gasteiger partial charge in [-0.15, -0.1) is 0 Å². The zero-order chi connectivity index (χ0) is 15.4. The minimum Gasteiger partial charge on any atom is -0.462 e. The lowest BCUT2D eigenvalue weighted by Gasteiger charge is -2.17. The molecule has 0 radical (unpaired) electrons. The van der Waals surface area contributed by atoms with Gasteiger partial charge in [0, 0.05) is 13.8 Å². The van der Waals surface area contributed by atoms with E-state index in [4.69, 9.17) is 21.1 Å². The van der Waals surface area contributed by atoms with Crippen LogP contribution in [0.4, 0.5) is 0 Å². The molecule has 1 atom stereocenters. The van der Waals surface area contributed by atoms with E-state index >= 15 is 0 Å². The molecule has 0 aliphatic carbocycles. The average Bonchev–Trinajstić information content (AvgIpc) is 2.80. The van der Waals surface area contributed by atoms with Crippen LogP contribution in [0.1, 0.15) is 13.8 Å². The fourth-order valence-electron chi connectivity index (χ4n) is 1.77. The van der Waals surface area contributed by atoms with Gasteiger partial charge in [0.2, 0.25) is 0 Å². The average molecular weight is 313 g/mol. The second-order valence-electron chi connectivity index (χ2n) is 4.27. The Balaban J connectivity index is 2.19. The highest BCUT2D eigenvalue weighted by Crippen LogP contribution is 2.17. The van der Waals surface area contributed by atoms with Crippen molar-refractivity contribution in [2.45, 2.75) is 26.5 Å². The van der Waals surface area contributed by atoms with Gasteiger partial charge in [-0.3, -0.25) is 9.59 Å². The Morgan fingerprint density at radius 3 is 2.71 bits per heavy atom. The summed E-state index contributed by atoms with van der Waals surface area (Å²) in [5.41, 5.74) is 0.961. The molecule has 0 fully saturated rings. The zero-order valence-electron chi connectivity index (χ0n) is 11.4. The Morgan fingerprint density at radius 1 is 1.29 bits per heavy atom. The minimum atomic E-state index is -0.641. The van der Waals surface area contributed by atoms with E-state index in [1.807, 2.05) is 0 Å². The first-order valence-electron chi connectivity index (χ1n) is 6.09. The fourth-order valence-corrected chi connectivity index (χ4v) is 1.95. The van der Waals surface area contributed by atoms with Gasteiger partial charge in [-0.2, -0.15) is 0 Å². The number of ether oxygens (including phenoxy) is 2. The van der Waals surface area contributed by atoms with Gasteiger partial charge in [0.15, 0.2) is 16.9 Å². The summed E-state index contributed by atoms with van der Waals surface area (Å²) < 4.78 is 11.6. The van der Waals surface area contributed by atoms with Crippen molar-refractivity contribution in [2.24, 2.45) is 0 Å². The van der Waals surface area contributed by atoms with E-state index < -0.39 is 18.0 Å². The van der Waals surface area contributed by atoms with E-state index in [1.54, 1.807) is 4.57 Å². The number of esters is 2.